The maximum Gasteiger partial charge on any atom is 0.246 e. The summed E-state index contributed by atoms with van der Waals surface area (Å²) in [5.41, 5.74) is 2.86. The van der Waals surface area contributed by atoms with Gasteiger partial charge in [0.1, 0.15) is 11.8 Å². The molecule has 1 atom stereocenters. The molecule has 0 spiro atoms. The highest BCUT2D eigenvalue weighted by atomic mass is 16.5. The molecule has 0 bridgehead atoms. The number of anilines is 1. The van der Waals surface area contributed by atoms with Crippen molar-refractivity contribution >= 4 is 11.6 Å². The van der Waals surface area contributed by atoms with Crippen molar-refractivity contribution in [2.24, 2.45) is 0 Å². The van der Waals surface area contributed by atoms with Crippen LogP contribution in [0.2, 0.25) is 0 Å². The highest BCUT2D eigenvalue weighted by Gasteiger charge is 2.28. The second kappa shape index (κ2) is 8.86. The molecule has 2 aromatic carbocycles. The highest BCUT2D eigenvalue weighted by Crippen LogP contribution is 2.29. The van der Waals surface area contributed by atoms with E-state index in [0.29, 0.717) is 5.75 Å². The minimum Gasteiger partial charge on any atom is -0.495 e. The van der Waals surface area contributed by atoms with Crippen LogP contribution in [-0.2, 0) is 4.79 Å². The molecule has 1 saturated heterocycles. The standard InChI is InChI=1S/C22H28N2O2/c1-17-12-13-20(26-2)19(16-17)23-22(25)21(18-10-6-5-7-11-18)24-14-8-3-4-9-15-24/h5-7,10-13,16,21H,3-4,8-9,14-15H2,1-2H3,(H,23,25). The lowest BCUT2D eigenvalue weighted by molar-refractivity contribution is -0.121. The monoisotopic (exact) mass is 352 g/mol. The second-order valence-corrected chi connectivity index (χ2v) is 6.96. The van der Waals surface area contributed by atoms with Crippen LogP contribution in [0.4, 0.5) is 5.69 Å². The van der Waals surface area contributed by atoms with Gasteiger partial charge in [-0.2, -0.15) is 0 Å². The van der Waals surface area contributed by atoms with Gasteiger partial charge < -0.3 is 10.1 Å². The van der Waals surface area contributed by atoms with E-state index >= 15 is 0 Å². The van der Waals surface area contributed by atoms with Crippen molar-refractivity contribution in [1.82, 2.24) is 4.90 Å². The summed E-state index contributed by atoms with van der Waals surface area (Å²) in [4.78, 5) is 15.6. The molecule has 1 aliphatic heterocycles. The molecule has 0 aliphatic carbocycles. The number of amides is 1. The zero-order valence-electron chi connectivity index (χ0n) is 15.7. The number of hydrogen-bond donors (Lipinski definition) is 1. The van der Waals surface area contributed by atoms with Crippen molar-refractivity contribution in [3.63, 3.8) is 0 Å². The predicted octanol–water partition coefficient (Wildman–Crippen LogP) is 4.56. The number of methoxy groups -OCH3 is 1. The van der Waals surface area contributed by atoms with Gasteiger partial charge in [-0.3, -0.25) is 9.69 Å². The van der Waals surface area contributed by atoms with Crippen LogP contribution in [0.5, 0.6) is 5.75 Å². The average Bonchev–Trinajstić information content (AvgIpc) is 2.92. The van der Waals surface area contributed by atoms with Gasteiger partial charge in [-0.15, -0.1) is 0 Å². The Labute approximate surface area is 156 Å². The van der Waals surface area contributed by atoms with Crippen LogP contribution in [0.1, 0.15) is 42.9 Å². The predicted molar refractivity (Wildman–Crippen MR) is 106 cm³/mol. The zero-order chi connectivity index (χ0) is 18.4. The fourth-order valence-electron chi connectivity index (χ4n) is 3.64. The molecule has 3 rings (SSSR count). The van der Waals surface area contributed by atoms with E-state index in [-0.39, 0.29) is 11.9 Å². The van der Waals surface area contributed by atoms with E-state index in [1.54, 1.807) is 7.11 Å². The van der Waals surface area contributed by atoms with Crippen LogP contribution in [0.15, 0.2) is 48.5 Å². The first-order valence-electron chi connectivity index (χ1n) is 9.43. The summed E-state index contributed by atoms with van der Waals surface area (Å²) in [5.74, 6) is 0.689. The lowest BCUT2D eigenvalue weighted by Crippen LogP contribution is -2.38. The minimum atomic E-state index is -0.278. The van der Waals surface area contributed by atoms with Gasteiger partial charge in [-0.1, -0.05) is 49.2 Å². The van der Waals surface area contributed by atoms with Gasteiger partial charge in [0.15, 0.2) is 0 Å². The Bertz CT molecular complexity index is 722. The molecule has 138 valence electrons. The van der Waals surface area contributed by atoms with E-state index < -0.39 is 0 Å². The highest BCUT2D eigenvalue weighted by molar-refractivity contribution is 5.96. The van der Waals surface area contributed by atoms with E-state index in [2.05, 4.69) is 10.2 Å². The zero-order valence-corrected chi connectivity index (χ0v) is 15.7. The topological polar surface area (TPSA) is 41.6 Å². The molecule has 1 aliphatic rings. The maximum absolute atomic E-state index is 13.3. The molecule has 26 heavy (non-hydrogen) atoms. The van der Waals surface area contributed by atoms with Gasteiger partial charge in [0, 0.05) is 0 Å². The summed E-state index contributed by atoms with van der Waals surface area (Å²) in [6, 6.07) is 15.6. The first kappa shape index (κ1) is 18.5. The molecule has 1 amide bonds. The van der Waals surface area contributed by atoms with Crippen LogP contribution in [0.25, 0.3) is 0 Å². The first-order valence-corrected chi connectivity index (χ1v) is 9.43. The van der Waals surface area contributed by atoms with Crippen molar-refractivity contribution in [2.45, 2.75) is 38.6 Å². The molecule has 4 heteroatoms. The van der Waals surface area contributed by atoms with Crippen molar-refractivity contribution in [1.29, 1.82) is 0 Å². The van der Waals surface area contributed by atoms with Gasteiger partial charge in [0.2, 0.25) is 5.91 Å². The molecular weight excluding hydrogens is 324 g/mol. The lowest BCUT2D eigenvalue weighted by atomic mass is 10.0. The number of nitrogens with one attached hydrogen (secondary N) is 1. The molecule has 0 saturated carbocycles. The van der Waals surface area contributed by atoms with E-state index in [4.69, 9.17) is 4.74 Å². The number of benzene rings is 2. The third-order valence-corrected chi connectivity index (χ3v) is 4.98. The van der Waals surface area contributed by atoms with E-state index in [0.717, 1.165) is 42.7 Å². The second-order valence-electron chi connectivity index (χ2n) is 6.96. The van der Waals surface area contributed by atoms with E-state index in [1.165, 1.54) is 12.8 Å². The van der Waals surface area contributed by atoms with Crippen molar-refractivity contribution < 1.29 is 9.53 Å². The Balaban J connectivity index is 1.89. The van der Waals surface area contributed by atoms with Crippen molar-refractivity contribution in [3.05, 3.63) is 59.7 Å². The molecule has 1 heterocycles. The van der Waals surface area contributed by atoms with Crippen LogP contribution in [0.3, 0.4) is 0 Å². The number of hydrogen-bond acceptors (Lipinski definition) is 3. The third-order valence-electron chi connectivity index (χ3n) is 4.98. The third kappa shape index (κ3) is 4.44. The molecule has 0 radical (unpaired) electrons. The SMILES string of the molecule is COc1ccc(C)cc1NC(=O)C(c1ccccc1)N1CCCCCC1. The number of likely N-dealkylation sites (tertiary alicyclic amines) is 1. The molecule has 0 aromatic heterocycles. The van der Waals surface area contributed by atoms with Gasteiger partial charge in [0.05, 0.1) is 12.8 Å². The lowest BCUT2D eigenvalue weighted by Gasteiger charge is -2.30. The summed E-state index contributed by atoms with van der Waals surface area (Å²) in [7, 11) is 1.63. The normalized spacial score (nSPS) is 16.5. The number of nitrogens with zero attached hydrogens (tertiary/aromatic N) is 1. The molecule has 1 N–H and O–H groups in total. The Morgan fingerprint density at radius 1 is 1.04 bits per heavy atom. The summed E-state index contributed by atoms with van der Waals surface area (Å²) < 4.78 is 5.42. The Hall–Kier alpha value is -2.33. The fraction of sp³-hybridized carbons (Fsp3) is 0.409. The Kier molecular flexibility index (Phi) is 6.29. The van der Waals surface area contributed by atoms with Crippen LogP contribution >= 0.6 is 0 Å². The number of carbonyl (C=O) groups excluding carboxylic acids is 1. The van der Waals surface area contributed by atoms with E-state index in [1.807, 2.05) is 55.5 Å². The Morgan fingerprint density at radius 3 is 2.38 bits per heavy atom. The number of ether oxygens (including phenoxy) is 1. The molecule has 1 unspecified atom stereocenters. The molecule has 1 fully saturated rings. The van der Waals surface area contributed by atoms with Gasteiger partial charge >= 0.3 is 0 Å². The molecule has 2 aromatic rings. The quantitative estimate of drug-likeness (QED) is 0.858. The molecule has 4 nitrogen and oxygen atoms in total. The average molecular weight is 352 g/mol. The van der Waals surface area contributed by atoms with Crippen LogP contribution in [0, 0.1) is 6.92 Å². The first-order chi connectivity index (χ1) is 12.7. The van der Waals surface area contributed by atoms with E-state index in [9.17, 15) is 4.79 Å². The number of carbonyl (C=O) groups is 1. The van der Waals surface area contributed by atoms with Gasteiger partial charge in [-0.05, 0) is 56.1 Å². The summed E-state index contributed by atoms with van der Waals surface area (Å²) in [6.07, 6.45) is 4.77. The van der Waals surface area contributed by atoms with Gasteiger partial charge in [0.25, 0.3) is 0 Å². The minimum absolute atomic E-state index is 0.00185. The fourth-order valence-corrected chi connectivity index (χ4v) is 3.64. The van der Waals surface area contributed by atoms with Crippen molar-refractivity contribution in [3.8, 4) is 5.75 Å². The van der Waals surface area contributed by atoms with Gasteiger partial charge in [-0.25, -0.2) is 0 Å². The largest absolute Gasteiger partial charge is 0.495 e. The number of aryl methyl sites for hydroxylation is 1. The summed E-state index contributed by atoms with van der Waals surface area (Å²) in [6.45, 7) is 3.93. The van der Waals surface area contributed by atoms with Crippen LogP contribution < -0.4 is 10.1 Å². The summed E-state index contributed by atoms with van der Waals surface area (Å²) in [5, 5.41) is 3.11. The maximum atomic E-state index is 13.3. The number of rotatable bonds is 5. The van der Waals surface area contributed by atoms with Crippen molar-refractivity contribution in [2.75, 3.05) is 25.5 Å². The smallest absolute Gasteiger partial charge is 0.246 e. The Morgan fingerprint density at radius 2 is 1.73 bits per heavy atom. The van der Waals surface area contributed by atoms with Crippen LogP contribution in [-0.4, -0.2) is 31.0 Å². The summed E-state index contributed by atoms with van der Waals surface area (Å²) >= 11 is 0. The molecular formula is C22H28N2O2.